The van der Waals surface area contributed by atoms with E-state index in [9.17, 15) is 4.39 Å². The number of hydrogen-bond donors (Lipinski definition) is 2. The van der Waals surface area contributed by atoms with Gasteiger partial charge in [-0.05, 0) is 25.5 Å². The van der Waals surface area contributed by atoms with Gasteiger partial charge in [-0.1, -0.05) is 17.7 Å². The van der Waals surface area contributed by atoms with Gasteiger partial charge < -0.3 is 4.74 Å². The highest BCUT2D eigenvalue weighted by Crippen LogP contribution is 2.20. The predicted octanol–water partition coefficient (Wildman–Crippen LogP) is 1.89. The van der Waals surface area contributed by atoms with Crippen molar-refractivity contribution >= 4 is 11.6 Å². The van der Waals surface area contributed by atoms with E-state index in [2.05, 4.69) is 5.43 Å². The second-order valence-electron chi connectivity index (χ2n) is 3.43. The topological polar surface area (TPSA) is 47.3 Å². The minimum absolute atomic E-state index is 0.144. The van der Waals surface area contributed by atoms with E-state index in [0.29, 0.717) is 30.2 Å². The summed E-state index contributed by atoms with van der Waals surface area (Å²) >= 11 is 5.92. The van der Waals surface area contributed by atoms with Gasteiger partial charge in [-0.25, -0.2) is 4.39 Å². The number of nitrogens with one attached hydrogen (secondary N) is 1. The van der Waals surface area contributed by atoms with Crippen LogP contribution in [-0.2, 0) is 11.2 Å². The smallest absolute Gasteiger partial charge is 0.127 e. The molecule has 0 saturated heterocycles. The molecule has 0 fully saturated rings. The molecule has 90 valence electrons. The first-order chi connectivity index (χ1) is 7.69. The number of rotatable bonds is 6. The Balaban J connectivity index is 2.69. The van der Waals surface area contributed by atoms with Crippen molar-refractivity contribution < 1.29 is 9.13 Å². The predicted molar refractivity (Wildman–Crippen MR) is 62.7 cm³/mol. The van der Waals surface area contributed by atoms with Crippen molar-refractivity contribution in [1.82, 2.24) is 5.43 Å². The van der Waals surface area contributed by atoms with Crippen molar-refractivity contribution in [2.45, 2.75) is 19.4 Å². The van der Waals surface area contributed by atoms with Crippen LogP contribution in [-0.4, -0.2) is 19.3 Å². The maximum Gasteiger partial charge on any atom is 0.127 e. The quantitative estimate of drug-likeness (QED) is 0.595. The van der Waals surface area contributed by atoms with E-state index in [1.807, 2.05) is 6.92 Å². The van der Waals surface area contributed by atoms with E-state index in [4.69, 9.17) is 22.2 Å². The van der Waals surface area contributed by atoms with Crippen LogP contribution in [0.25, 0.3) is 0 Å². The van der Waals surface area contributed by atoms with Crippen LogP contribution >= 0.6 is 11.6 Å². The number of hydrogen-bond acceptors (Lipinski definition) is 3. The summed E-state index contributed by atoms with van der Waals surface area (Å²) in [6.45, 7) is 2.92. The number of benzene rings is 1. The Morgan fingerprint density at radius 3 is 2.88 bits per heavy atom. The Kier molecular flexibility index (Phi) is 5.69. The fourth-order valence-electron chi connectivity index (χ4n) is 1.40. The van der Waals surface area contributed by atoms with Gasteiger partial charge in [-0.3, -0.25) is 11.3 Å². The average molecular weight is 247 g/mol. The molecule has 5 heteroatoms. The van der Waals surface area contributed by atoms with Crippen molar-refractivity contribution in [3.05, 3.63) is 34.6 Å². The van der Waals surface area contributed by atoms with Crippen LogP contribution in [0.4, 0.5) is 4.39 Å². The summed E-state index contributed by atoms with van der Waals surface area (Å²) < 4.78 is 18.7. The standard InChI is InChI=1S/C11H16ClFN2O/c1-2-16-7-8(15-14)6-9-10(12)4-3-5-11(9)13/h3-5,8,15H,2,6-7,14H2,1H3. The highest BCUT2D eigenvalue weighted by molar-refractivity contribution is 6.31. The van der Waals surface area contributed by atoms with Crippen molar-refractivity contribution in [3.8, 4) is 0 Å². The SMILES string of the molecule is CCOCC(Cc1c(F)cccc1Cl)NN. The summed E-state index contributed by atoms with van der Waals surface area (Å²) in [5.74, 6) is 5.05. The minimum Gasteiger partial charge on any atom is -0.380 e. The summed E-state index contributed by atoms with van der Waals surface area (Å²) in [6, 6.07) is 4.48. The van der Waals surface area contributed by atoms with Crippen molar-refractivity contribution in [3.63, 3.8) is 0 Å². The van der Waals surface area contributed by atoms with E-state index in [1.165, 1.54) is 6.07 Å². The molecule has 0 amide bonds. The normalized spacial score (nSPS) is 12.8. The van der Waals surface area contributed by atoms with Gasteiger partial charge in [0.2, 0.25) is 0 Å². The molecular weight excluding hydrogens is 231 g/mol. The fraction of sp³-hybridized carbons (Fsp3) is 0.455. The molecule has 0 aliphatic carbocycles. The fourth-order valence-corrected chi connectivity index (χ4v) is 1.64. The number of ether oxygens (including phenoxy) is 1. The molecule has 0 spiro atoms. The lowest BCUT2D eigenvalue weighted by Gasteiger charge is -2.16. The second-order valence-corrected chi connectivity index (χ2v) is 3.83. The van der Waals surface area contributed by atoms with E-state index in [0.717, 1.165) is 0 Å². The summed E-state index contributed by atoms with van der Waals surface area (Å²) in [5, 5.41) is 0.414. The van der Waals surface area contributed by atoms with Crippen LogP contribution in [0.2, 0.25) is 5.02 Å². The molecule has 1 aromatic carbocycles. The van der Waals surface area contributed by atoms with Crippen molar-refractivity contribution in [2.75, 3.05) is 13.2 Å². The Labute approximate surface area is 99.7 Å². The van der Waals surface area contributed by atoms with E-state index >= 15 is 0 Å². The van der Waals surface area contributed by atoms with E-state index in [1.54, 1.807) is 12.1 Å². The summed E-state index contributed by atoms with van der Waals surface area (Å²) in [4.78, 5) is 0. The molecule has 0 aliphatic heterocycles. The second kappa shape index (κ2) is 6.81. The molecule has 1 unspecified atom stereocenters. The minimum atomic E-state index is -0.316. The van der Waals surface area contributed by atoms with E-state index < -0.39 is 0 Å². The number of hydrazine groups is 1. The largest absolute Gasteiger partial charge is 0.380 e. The molecule has 1 aromatic rings. The first-order valence-electron chi connectivity index (χ1n) is 5.15. The summed E-state index contributed by atoms with van der Waals surface area (Å²) in [6.07, 6.45) is 0.405. The van der Waals surface area contributed by atoms with Crippen LogP contribution in [0.1, 0.15) is 12.5 Å². The van der Waals surface area contributed by atoms with Gasteiger partial charge in [0.05, 0.1) is 6.61 Å². The van der Waals surface area contributed by atoms with Crippen LogP contribution in [0.15, 0.2) is 18.2 Å². The van der Waals surface area contributed by atoms with Crippen LogP contribution in [0, 0.1) is 5.82 Å². The van der Waals surface area contributed by atoms with Crippen LogP contribution < -0.4 is 11.3 Å². The van der Waals surface area contributed by atoms with Gasteiger partial charge in [0.1, 0.15) is 5.82 Å². The molecule has 0 aliphatic rings. The Bertz CT molecular complexity index is 316. The van der Waals surface area contributed by atoms with Crippen molar-refractivity contribution in [1.29, 1.82) is 0 Å². The van der Waals surface area contributed by atoms with Crippen molar-refractivity contribution in [2.24, 2.45) is 5.84 Å². The third-order valence-electron chi connectivity index (χ3n) is 2.27. The molecule has 1 atom stereocenters. The average Bonchev–Trinajstić information content (AvgIpc) is 2.28. The zero-order valence-corrected chi connectivity index (χ0v) is 9.93. The van der Waals surface area contributed by atoms with Gasteiger partial charge in [0.25, 0.3) is 0 Å². The third-order valence-corrected chi connectivity index (χ3v) is 2.63. The Morgan fingerprint density at radius 2 is 2.31 bits per heavy atom. The monoisotopic (exact) mass is 246 g/mol. The first-order valence-corrected chi connectivity index (χ1v) is 5.53. The maximum absolute atomic E-state index is 13.5. The lowest BCUT2D eigenvalue weighted by atomic mass is 10.1. The highest BCUT2D eigenvalue weighted by Gasteiger charge is 2.13. The highest BCUT2D eigenvalue weighted by atomic mass is 35.5. The van der Waals surface area contributed by atoms with E-state index in [-0.39, 0.29) is 11.9 Å². The molecule has 0 bridgehead atoms. The zero-order chi connectivity index (χ0) is 12.0. The zero-order valence-electron chi connectivity index (χ0n) is 9.17. The molecule has 3 N–H and O–H groups in total. The lowest BCUT2D eigenvalue weighted by Crippen LogP contribution is -2.40. The Hall–Kier alpha value is -0.680. The number of nitrogens with two attached hydrogens (primary N) is 1. The van der Waals surface area contributed by atoms with Crippen LogP contribution in [0.5, 0.6) is 0 Å². The molecule has 16 heavy (non-hydrogen) atoms. The Morgan fingerprint density at radius 1 is 1.56 bits per heavy atom. The van der Waals surface area contributed by atoms with Gasteiger partial charge >= 0.3 is 0 Å². The van der Waals surface area contributed by atoms with Gasteiger partial charge in [0, 0.05) is 23.2 Å². The molecule has 0 radical (unpaired) electrons. The van der Waals surface area contributed by atoms with Gasteiger partial charge in [-0.15, -0.1) is 0 Å². The van der Waals surface area contributed by atoms with Crippen LogP contribution in [0.3, 0.4) is 0 Å². The maximum atomic E-state index is 13.5. The molecule has 0 aromatic heterocycles. The molecule has 3 nitrogen and oxygen atoms in total. The lowest BCUT2D eigenvalue weighted by molar-refractivity contribution is 0.122. The third kappa shape index (κ3) is 3.72. The molecule has 1 rings (SSSR count). The molecule has 0 saturated carbocycles. The number of halogens is 2. The van der Waals surface area contributed by atoms with Gasteiger partial charge in [0.15, 0.2) is 0 Å². The summed E-state index contributed by atoms with van der Waals surface area (Å²) in [7, 11) is 0. The molecular formula is C11H16ClFN2O. The summed E-state index contributed by atoms with van der Waals surface area (Å²) in [5.41, 5.74) is 3.05. The molecule has 0 heterocycles. The first kappa shape index (κ1) is 13.4. The van der Waals surface area contributed by atoms with Gasteiger partial charge in [-0.2, -0.15) is 0 Å².